The van der Waals surface area contributed by atoms with Gasteiger partial charge in [0.15, 0.2) is 22.4 Å². The van der Waals surface area contributed by atoms with Gasteiger partial charge in [0.05, 0.1) is 35.4 Å². The number of rotatable bonds is 9. The van der Waals surface area contributed by atoms with Gasteiger partial charge in [0, 0.05) is 18.9 Å². The number of aromatic nitrogens is 1. The van der Waals surface area contributed by atoms with Crippen molar-refractivity contribution in [2.75, 3.05) is 18.1 Å². The Kier molecular flexibility index (Phi) is 7.86. The van der Waals surface area contributed by atoms with Gasteiger partial charge in [-0.1, -0.05) is 24.3 Å². The zero-order chi connectivity index (χ0) is 29.4. The summed E-state index contributed by atoms with van der Waals surface area (Å²) in [5.41, 5.74) is 2.21. The van der Waals surface area contributed by atoms with Crippen LogP contribution in [0.25, 0.3) is 5.76 Å². The van der Waals surface area contributed by atoms with E-state index in [4.69, 9.17) is 14.2 Å². The third-order valence-electron chi connectivity index (χ3n) is 6.97. The lowest BCUT2D eigenvalue weighted by Gasteiger charge is -2.24. The minimum atomic E-state index is -1.02. The van der Waals surface area contributed by atoms with E-state index in [1.807, 2.05) is 20.8 Å². The number of fused-ring (bicyclic) bond motifs is 1. The molecule has 2 atom stereocenters. The van der Waals surface area contributed by atoms with Crippen molar-refractivity contribution >= 4 is 39.7 Å². The number of thiazole rings is 1. The van der Waals surface area contributed by atoms with Crippen molar-refractivity contribution in [1.29, 1.82) is 0 Å². The summed E-state index contributed by atoms with van der Waals surface area (Å²) in [6.07, 6.45) is 1.47. The smallest absolute Gasteiger partial charge is 0.301 e. The molecule has 9 nitrogen and oxygen atoms in total. The van der Waals surface area contributed by atoms with Crippen LogP contribution in [0.2, 0.25) is 0 Å². The molecule has 0 radical (unpaired) electrons. The third kappa shape index (κ3) is 5.19. The SMILES string of the molecule is CCCOc1ccc([C@@H]2/C(=C(\O)c3ccc4c(c3)C[C@H](C)O4)C(=O)C(=O)N2c2nc(C)c(C(C)=O)s2)cc1OCC. The summed E-state index contributed by atoms with van der Waals surface area (Å²) < 4.78 is 17.5. The van der Waals surface area contributed by atoms with Crippen molar-refractivity contribution in [3.05, 3.63) is 69.2 Å². The second-order valence-corrected chi connectivity index (χ2v) is 11.1. The highest BCUT2D eigenvalue weighted by Crippen LogP contribution is 2.46. The first kappa shape index (κ1) is 28.4. The first-order valence-corrected chi connectivity index (χ1v) is 14.4. The number of ketones is 2. The van der Waals surface area contributed by atoms with Crippen LogP contribution >= 0.6 is 11.3 Å². The molecular weight excluding hydrogens is 544 g/mol. The van der Waals surface area contributed by atoms with Crippen molar-refractivity contribution in [2.45, 2.75) is 59.6 Å². The van der Waals surface area contributed by atoms with Crippen LogP contribution in [0.3, 0.4) is 0 Å². The van der Waals surface area contributed by atoms with Crippen molar-refractivity contribution in [1.82, 2.24) is 4.98 Å². The zero-order valence-electron chi connectivity index (χ0n) is 23.6. The number of ether oxygens (including phenoxy) is 3. The second kappa shape index (κ2) is 11.4. The molecule has 1 fully saturated rings. The lowest BCUT2D eigenvalue weighted by molar-refractivity contribution is -0.132. The Labute approximate surface area is 242 Å². The van der Waals surface area contributed by atoms with Gasteiger partial charge in [-0.15, -0.1) is 0 Å². The number of nitrogens with zero attached hydrogens (tertiary/aromatic N) is 2. The molecule has 0 unspecified atom stereocenters. The van der Waals surface area contributed by atoms with Crippen LogP contribution in [0, 0.1) is 6.92 Å². The number of benzene rings is 2. The van der Waals surface area contributed by atoms with Gasteiger partial charge in [0.25, 0.3) is 5.78 Å². The van der Waals surface area contributed by atoms with E-state index in [0.29, 0.717) is 52.8 Å². The van der Waals surface area contributed by atoms with E-state index >= 15 is 0 Å². The molecule has 1 N–H and O–H groups in total. The number of hydrogen-bond donors (Lipinski definition) is 1. The van der Waals surface area contributed by atoms with Crippen molar-refractivity contribution in [3.63, 3.8) is 0 Å². The number of Topliss-reactive ketones (excluding diaryl/α,β-unsaturated/α-hetero) is 2. The number of amides is 1. The number of anilines is 1. The van der Waals surface area contributed by atoms with Gasteiger partial charge in [-0.05, 0) is 68.7 Å². The quantitative estimate of drug-likeness (QED) is 0.147. The number of carbonyl (C=O) groups excluding carboxylic acids is 3. The van der Waals surface area contributed by atoms with Crippen molar-refractivity contribution in [3.8, 4) is 17.2 Å². The highest BCUT2D eigenvalue weighted by atomic mass is 32.1. The van der Waals surface area contributed by atoms with E-state index in [1.165, 1.54) is 11.8 Å². The minimum Gasteiger partial charge on any atom is -0.507 e. The molecule has 0 spiro atoms. The summed E-state index contributed by atoms with van der Waals surface area (Å²) in [5, 5.41) is 11.8. The number of aliphatic hydroxyl groups is 1. The molecule has 0 bridgehead atoms. The molecular formula is C31H32N2O7S. The summed E-state index contributed by atoms with van der Waals surface area (Å²) in [6, 6.07) is 9.39. The highest BCUT2D eigenvalue weighted by molar-refractivity contribution is 7.18. The van der Waals surface area contributed by atoms with E-state index in [9.17, 15) is 19.5 Å². The lowest BCUT2D eigenvalue weighted by atomic mass is 9.94. The predicted molar refractivity (Wildman–Crippen MR) is 155 cm³/mol. The van der Waals surface area contributed by atoms with E-state index in [1.54, 1.807) is 43.3 Å². The van der Waals surface area contributed by atoms with Gasteiger partial charge in [0.2, 0.25) is 0 Å². The Bertz CT molecular complexity index is 1570. The van der Waals surface area contributed by atoms with E-state index in [2.05, 4.69) is 4.98 Å². The molecule has 3 aromatic rings. The fourth-order valence-corrected chi connectivity index (χ4v) is 6.17. The average molecular weight is 577 g/mol. The van der Waals surface area contributed by atoms with Crippen LogP contribution in [0.15, 0.2) is 42.0 Å². The van der Waals surface area contributed by atoms with E-state index in [-0.39, 0.29) is 28.4 Å². The van der Waals surface area contributed by atoms with Crippen LogP contribution in [-0.4, -0.2) is 46.9 Å². The van der Waals surface area contributed by atoms with Crippen LogP contribution in [-0.2, 0) is 16.0 Å². The van der Waals surface area contributed by atoms with Crippen LogP contribution < -0.4 is 19.1 Å². The molecule has 2 aromatic carbocycles. The topological polar surface area (TPSA) is 115 Å². The fourth-order valence-electron chi connectivity index (χ4n) is 5.18. The Morgan fingerprint density at radius 2 is 1.93 bits per heavy atom. The summed E-state index contributed by atoms with van der Waals surface area (Å²) in [4.78, 5) is 45.6. The highest BCUT2D eigenvalue weighted by Gasteiger charge is 2.48. The standard InChI is InChI=1S/C31H32N2O7S/c1-6-12-39-23-11-8-19(15-24(23)38-7-2)26-25(27(35)20-9-10-22-21(14-20)13-16(3)40-22)28(36)30(37)33(26)31-32-17(4)29(41-31)18(5)34/h8-11,14-16,26,35H,6-7,12-13H2,1-5H3/b27-25+/t16-,26+/m0/s1. The Hall–Kier alpha value is -4.18. The Morgan fingerprint density at radius 1 is 1.15 bits per heavy atom. The number of carbonyl (C=O) groups is 3. The maximum absolute atomic E-state index is 13.6. The Balaban J connectivity index is 1.70. The maximum Gasteiger partial charge on any atom is 0.301 e. The third-order valence-corrected chi connectivity index (χ3v) is 8.23. The molecule has 0 saturated carbocycles. The molecule has 0 aliphatic carbocycles. The zero-order valence-corrected chi connectivity index (χ0v) is 24.5. The number of aryl methyl sites for hydroxylation is 1. The van der Waals surface area contributed by atoms with E-state index in [0.717, 1.165) is 29.1 Å². The summed E-state index contributed by atoms with van der Waals surface area (Å²) in [5.74, 6) is -0.474. The maximum atomic E-state index is 13.6. The fraction of sp³-hybridized carbons (Fsp3) is 0.355. The van der Waals surface area contributed by atoms with E-state index < -0.39 is 17.7 Å². The van der Waals surface area contributed by atoms with Crippen LogP contribution in [0.1, 0.15) is 72.2 Å². The lowest BCUT2D eigenvalue weighted by Crippen LogP contribution is -2.29. The molecule has 2 aliphatic rings. The summed E-state index contributed by atoms with van der Waals surface area (Å²) in [6.45, 7) is 9.78. The summed E-state index contributed by atoms with van der Waals surface area (Å²) >= 11 is 1.04. The monoisotopic (exact) mass is 576 g/mol. The molecule has 2 aliphatic heterocycles. The predicted octanol–water partition coefficient (Wildman–Crippen LogP) is 5.79. The molecule has 1 amide bonds. The Morgan fingerprint density at radius 3 is 2.61 bits per heavy atom. The summed E-state index contributed by atoms with van der Waals surface area (Å²) in [7, 11) is 0. The number of hydrogen-bond acceptors (Lipinski definition) is 9. The van der Waals surface area contributed by atoms with Gasteiger partial charge in [-0.2, -0.15) is 0 Å². The minimum absolute atomic E-state index is 0.00187. The van der Waals surface area contributed by atoms with Crippen LogP contribution in [0.4, 0.5) is 5.13 Å². The molecule has 3 heterocycles. The first-order chi connectivity index (χ1) is 19.6. The number of aliphatic hydroxyl groups excluding tert-OH is 1. The van der Waals surface area contributed by atoms with Gasteiger partial charge in [-0.25, -0.2) is 4.98 Å². The van der Waals surface area contributed by atoms with Crippen molar-refractivity contribution < 1.29 is 33.7 Å². The van der Waals surface area contributed by atoms with Crippen molar-refractivity contribution in [2.24, 2.45) is 0 Å². The normalized spacial score (nSPS) is 19.3. The van der Waals surface area contributed by atoms with Gasteiger partial charge >= 0.3 is 5.91 Å². The largest absolute Gasteiger partial charge is 0.507 e. The molecule has 1 aromatic heterocycles. The molecule has 214 valence electrons. The van der Waals surface area contributed by atoms with Gasteiger partial charge in [0.1, 0.15) is 17.6 Å². The molecule has 5 rings (SSSR count). The van der Waals surface area contributed by atoms with Gasteiger partial charge in [-0.3, -0.25) is 19.3 Å². The van der Waals surface area contributed by atoms with Crippen LogP contribution in [0.5, 0.6) is 17.2 Å². The molecule has 10 heteroatoms. The van der Waals surface area contributed by atoms with Gasteiger partial charge < -0.3 is 19.3 Å². The second-order valence-electron chi connectivity index (χ2n) is 10.1. The first-order valence-electron chi connectivity index (χ1n) is 13.6. The molecule has 1 saturated heterocycles. The molecule has 41 heavy (non-hydrogen) atoms. The average Bonchev–Trinajstić information content (AvgIpc) is 3.59.